The summed E-state index contributed by atoms with van der Waals surface area (Å²) in [6.07, 6.45) is 7.55. The highest BCUT2D eigenvalue weighted by molar-refractivity contribution is 6.19. The van der Waals surface area contributed by atoms with Gasteiger partial charge in [-0.05, 0) is 30.9 Å². The van der Waals surface area contributed by atoms with Crippen molar-refractivity contribution in [3.8, 4) is 0 Å². The lowest BCUT2D eigenvalue weighted by molar-refractivity contribution is 0.0867. The molecule has 0 bridgehead atoms. The van der Waals surface area contributed by atoms with Crippen LogP contribution in [0, 0.1) is 5.92 Å². The Balaban J connectivity index is 2.08. The van der Waals surface area contributed by atoms with Crippen molar-refractivity contribution in [1.29, 1.82) is 0 Å². The van der Waals surface area contributed by atoms with E-state index in [1.54, 1.807) is 24.5 Å². The average Bonchev–Trinajstić information content (AvgIpc) is 2.39. The lowest BCUT2D eigenvalue weighted by Gasteiger charge is -2.39. The summed E-state index contributed by atoms with van der Waals surface area (Å²) in [4.78, 5) is 16.1. The Bertz CT molecular complexity index is 410. The summed E-state index contributed by atoms with van der Waals surface area (Å²) in [5.41, 5.74) is 0.410. The van der Waals surface area contributed by atoms with Gasteiger partial charge in [0.15, 0.2) is 0 Å². The molecule has 1 amide bonds. The number of carbonyl (C=O) groups excluding carboxylic acids is 1. The molecule has 0 aliphatic heterocycles. The van der Waals surface area contributed by atoms with Crippen LogP contribution in [0.4, 0.5) is 0 Å². The molecule has 4 heteroatoms. The number of alkyl halides is 1. The molecule has 98 valence electrons. The summed E-state index contributed by atoms with van der Waals surface area (Å²) in [7, 11) is 0. The minimum atomic E-state index is -0.237. The highest BCUT2D eigenvalue weighted by atomic mass is 35.5. The number of halogens is 1. The molecule has 2 unspecified atom stereocenters. The van der Waals surface area contributed by atoms with Crippen molar-refractivity contribution >= 4 is 17.5 Å². The molecular weight excluding hydrogens is 248 g/mol. The van der Waals surface area contributed by atoms with Crippen LogP contribution in [0.15, 0.2) is 24.5 Å². The number of nitrogens with one attached hydrogen (secondary N) is 1. The number of amides is 1. The fraction of sp³-hybridized carbons (Fsp3) is 0.571. The number of pyridine rings is 1. The van der Waals surface area contributed by atoms with E-state index in [1.165, 1.54) is 6.42 Å². The molecule has 0 radical (unpaired) electrons. The van der Waals surface area contributed by atoms with Crippen molar-refractivity contribution in [1.82, 2.24) is 10.3 Å². The third-order valence-corrected chi connectivity index (χ3v) is 4.18. The molecule has 1 aliphatic carbocycles. The van der Waals surface area contributed by atoms with E-state index in [0.717, 1.165) is 19.3 Å². The van der Waals surface area contributed by atoms with Gasteiger partial charge in [-0.25, -0.2) is 0 Å². The molecule has 1 N–H and O–H groups in total. The van der Waals surface area contributed by atoms with Crippen LogP contribution in [-0.4, -0.2) is 22.3 Å². The van der Waals surface area contributed by atoms with Gasteiger partial charge in [-0.1, -0.05) is 19.8 Å². The maximum atomic E-state index is 12.2. The van der Waals surface area contributed by atoms with Crippen LogP contribution >= 0.6 is 11.6 Å². The van der Waals surface area contributed by atoms with Crippen LogP contribution in [0.3, 0.4) is 0 Å². The highest BCUT2D eigenvalue weighted by Gasteiger charge is 2.35. The second kappa shape index (κ2) is 5.70. The Kier molecular flexibility index (Phi) is 4.23. The minimum Gasteiger partial charge on any atom is -0.345 e. The maximum absolute atomic E-state index is 12.2. The van der Waals surface area contributed by atoms with Gasteiger partial charge in [-0.3, -0.25) is 9.78 Å². The average molecular weight is 267 g/mol. The van der Waals surface area contributed by atoms with E-state index < -0.39 is 0 Å². The smallest absolute Gasteiger partial charge is 0.251 e. The summed E-state index contributed by atoms with van der Waals surface area (Å²) < 4.78 is 0. The van der Waals surface area contributed by atoms with E-state index in [1.807, 2.05) is 0 Å². The zero-order valence-electron chi connectivity index (χ0n) is 10.7. The van der Waals surface area contributed by atoms with Crippen LogP contribution in [0.1, 0.15) is 43.0 Å². The quantitative estimate of drug-likeness (QED) is 0.855. The SMILES string of the molecule is CC1CCCC(CCl)(NC(=O)c2ccncc2)C1. The lowest BCUT2D eigenvalue weighted by atomic mass is 9.77. The summed E-state index contributed by atoms with van der Waals surface area (Å²) in [5, 5.41) is 3.13. The van der Waals surface area contributed by atoms with E-state index in [-0.39, 0.29) is 11.4 Å². The fourth-order valence-corrected chi connectivity index (χ4v) is 3.05. The molecule has 1 saturated carbocycles. The molecular formula is C14H19ClN2O. The Morgan fingerprint density at radius 3 is 2.89 bits per heavy atom. The van der Waals surface area contributed by atoms with Crippen molar-refractivity contribution in [2.24, 2.45) is 5.92 Å². The van der Waals surface area contributed by atoms with Crippen molar-refractivity contribution in [3.63, 3.8) is 0 Å². The third kappa shape index (κ3) is 3.02. The van der Waals surface area contributed by atoms with Gasteiger partial charge in [0.25, 0.3) is 5.91 Å². The third-order valence-electron chi connectivity index (χ3n) is 3.67. The van der Waals surface area contributed by atoms with E-state index >= 15 is 0 Å². The summed E-state index contributed by atoms with van der Waals surface area (Å²) >= 11 is 6.11. The van der Waals surface area contributed by atoms with Crippen LogP contribution in [-0.2, 0) is 0 Å². The van der Waals surface area contributed by atoms with E-state index in [9.17, 15) is 4.79 Å². The normalized spacial score (nSPS) is 27.8. The zero-order chi connectivity index (χ0) is 13.0. The van der Waals surface area contributed by atoms with E-state index in [4.69, 9.17) is 11.6 Å². The van der Waals surface area contributed by atoms with Crippen LogP contribution < -0.4 is 5.32 Å². The summed E-state index contributed by atoms with van der Waals surface area (Å²) in [6.45, 7) is 2.22. The van der Waals surface area contributed by atoms with E-state index in [2.05, 4.69) is 17.2 Å². The molecule has 0 aromatic carbocycles. The Morgan fingerprint density at radius 1 is 1.56 bits per heavy atom. The first kappa shape index (κ1) is 13.3. The Labute approximate surface area is 113 Å². The molecule has 18 heavy (non-hydrogen) atoms. The molecule has 1 aliphatic rings. The van der Waals surface area contributed by atoms with Crippen molar-refractivity contribution in [2.75, 3.05) is 5.88 Å². The first-order valence-corrected chi connectivity index (χ1v) is 6.97. The molecule has 1 fully saturated rings. The number of nitrogens with zero attached hydrogens (tertiary/aromatic N) is 1. The van der Waals surface area contributed by atoms with Gasteiger partial charge in [0.05, 0.1) is 5.54 Å². The number of rotatable bonds is 3. The zero-order valence-corrected chi connectivity index (χ0v) is 11.4. The van der Waals surface area contributed by atoms with Gasteiger partial charge in [-0.2, -0.15) is 0 Å². The molecule has 1 heterocycles. The van der Waals surface area contributed by atoms with Crippen molar-refractivity contribution < 1.29 is 4.79 Å². The van der Waals surface area contributed by atoms with Crippen LogP contribution in [0.2, 0.25) is 0 Å². The monoisotopic (exact) mass is 266 g/mol. The van der Waals surface area contributed by atoms with Gasteiger partial charge < -0.3 is 5.32 Å². The van der Waals surface area contributed by atoms with Gasteiger partial charge in [0.2, 0.25) is 0 Å². The van der Waals surface area contributed by atoms with Crippen molar-refractivity contribution in [2.45, 2.75) is 38.1 Å². The number of hydrogen-bond donors (Lipinski definition) is 1. The fourth-order valence-electron chi connectivity index (χ4n) is 2.74. The van der Waals surface area contributed by atoms with Gasteiger partial charge in [0.1, 0.15) is 0 Å². The van der Waals surface area contributed by atoms with Gasteiger partial charge in [0, 0.05) is 23.8 Å². The molecule has 2 rings (SSSR count). The molecule has 3 nitrogen and oxygen atoms in total. The summed E-state index contributed by atoms with van der Waals surface area (Å²) in [6, 6.07) is 3.45. The van der Waals surface area contributed by atoms with Gasteiger partial charge in [-0.15, -0.1) is 11.6 Å². The minimum absolute atomic E-state index is 0.0489. The van der Waals surface area contributed by atoms with Crippen LogP contribution in [0.25, 0.3) is 0 Å². The lowest BCUT2D eigenvalue weighted by Crippen LogP contribution is -2.52. The second-order valence-electron chi connectivity index (χ2n) is 5.31. The predicted octanol–water partition coefficient (Wildman–Crippen LogP) is 3.00. The molecule has 2 atom stereocenters. The van der Waals surface area contributed by atoms with E-state index in [0.29, 0.717) is 17.4 Å². The molecule has 0 spiro atoms. The topological polar surface area (TPSA) is 42.0 Å². The van der Waals surface area contributed by atoms with Crippen molar-refractivity contribution in [3.05, 3.63) is 30.1 Å². The molecule has 1 aromatic rings. The Hall–Kier alpha value is -1.09. The highest BCUT2D eigenvalue weighted by Crippen LogP contribution is 2.33. The number of aromatic nitrogens is 1. The standard InChI is InChI=1S/C14H19ClN2O/c1-11-3-2-6-14(9-11,10-15)17-13(18)12-4-7-16-8-5-12/h4-5,7-8,11H,2-3,6,9-10H2,1H3,(H,17,18). The largest absolute Gasteiger partial charge is 0.345 e. The maximum Gasteiger partial charge on any atom is 0.251 e. The first-order valence-electron chi connectivity index (χ1n) is 6.44. The Morgan fingerprint density at radius 2 is 2.28 bits per heavy atom. The number of carbonyl (C=O) groups is 1. The summed E-state index contributed by atoms with van der Waals surface area (Å²) in [5.74, 6) is 1.05. The first-order chi connectivity index (χ1) is 8.65. The number of hydrogen-bond acceptors (Lipinski definition) is 2. The van der Waals surface area contributed by atoms with Crippen LogP contribution in [0.5, 0.6) is 0 Å². The molecule has 0 saturated heterocycles. The molecule has 1 aromatic heterocycles. The van der Waals surface area contributed by atoms with Gasteiger partial charge >= 0.3 is 0 Å². The second-order valence-corrected chi connectivity index (χ2v) is 5.57. The predicted molar refractivity (Wildman–Crippen MR) is 72.8 cm³/mol.